The van der Waals surface area contributed by atoms with Crippen molar-refractivity contribution >= 4 is 11.9 Å². The van der Waals surface area contributed by atoms with E-state index in [1.165, 1.54) is 0 Å². The zero-order valence-electron chi connectivity index (χ0n) is 10.6. The van der Waals surface area contributed by atoms with Crippen LogP contribution in [0.4, 0.5) is 0 Å². The van der Waals surface area contributed by atoms with Crippen LogP contribution in [0, 0.1) is 0 Å². The maximum atomic E-state index is 11.0. The van der Waals surface area contributed by atoms with Gasteiger partial charge in [-0.25, -0.2) is 14.6 Å². The summed E-state index contributed by atoms with van der Waals surface area (Å²) < 4.78 is 4.87. The number of esters is 1. The standard InChI is InChI=1S/C12H20O6/c1-10(2)12(15)16-7-3-4-8-17-18-9-5-6-11(13)14/h1,3-9H2,2H3,(H,13,14). The highest BCUT2D eigenvalue weighted by molar-refractivity contribution is 5.86. The number of aliphatic carboxylic acids is 1. The van der Waals surface area contributed by atoms with E-state index in [2.05, 4.69) is 6.58 Å². The summed E-state index contributed by atoms with van der Waals surface area (Å²) in [4.78, 5) is 30.7. The van der Waals surface area contributed by atoms with Gasteiger partial charge in [0.15, 0.2) is 0 Å². The summed E-state index contributed by atoms with van der Waals surface area (Å²) in [6.07, 6.45) is 1.87. The normalized spacial score (nSPS) is 10.1. The van der Waals surface area contributed by atoms with Gasteiger partial charge in [0.2, 0.25) is 0 Å². The van der Waals surface area contributed by atoms with Crippen LogP contribution in [-0.2, 0) is 24.1 Å². The molecule has 6 nitrogen and oxygen atoms in total. The van der Waals surface area contributed by atoms with Crippen LogP contribution in [0.25, 0.3) is 0 Å². The minimum atomic E-state index is -0.849. The molecule has 0 aromatic rings. The minimum absolute atomic E-state index is 0.0697. The molecule has 0 atom stereocenters. The second-order valence-corrected chi connectivity index (χ2v) is 3.76. The van der Waals surface area contributed by atoms with Gasteiger partial charge in [0.05, 0.1) is 19.8 Å². The molecule has 0 radical (unpaired) electrons. The highest BCUT2D eigenvalue weighted by Gasteiger charge is 2.02. The van der Waals surface area contributed by atoms with Crippen LogP contribution in [0.15, 0.2) is 12.2 Å². The number of carboxylic acid groups (broad SMARTS) is 1. The molecule has 6 heteroatoms. The third-order valence-corrected chi connectivity index (χ3v) is 1.91. The van der Waals surface area contributed by atoms with Crippen LogP contribution < -0.4 is 0 Å². The zero-order valence-corrected chi connectivity index (χ0v) is 10.6. The first-order valence-corrected chi connectivity index (χ1v) is 5.83. The SMILES string of the molecule is C=C(C)C(=O)OCCCCOOCCCC(=O)O. The first-order chi connectivity index (χ1) is 8.54. The molecule has 104 valence electrons. The number of carbonyl (C=O) groups excluding carboxylic acids is 1. The van der Waals surface area contributed by atoms with Gasteiger partial charge in [0, 0.05) is 12.0 Å². The van der Waals surface area contributed by atoms with Crippen molar-refractivity contribution < 1.29 is 29.2 Å². The lowest BCUT2D eigenvalue weighted by Gasteiger charge is -2.05. The first-order valence-electron chi connectivity index (χ1n) is 5.83. The van der Waals surface area contributed by atoms with Crippen molar-refractivity contribution in [3.63, 3.8) is 0 Å². The van der Waals surface area contributed by atoms with Crippen molar-refractivity contribution in [1.82, 2.24) is 0 Å². The number of unbranched alkanes of at least 4 members (excludes halogenated alkanes) is 1. The molecule has 0 unspecified atom stereocenters. The van der Waals surface area contributed by atoms with Crippen molar-refractivity contribution in [2.75, 3.05) is 19.8 Å². The van der Waals surface area contributed by atoms with Crippen LogP contribution in [0.3, 0.4) is 0 Å². The molecule has 0 saturated heterocycles. The van der Waals surface area contributed by atoms with Gasteiger partial charge in [-0.1, -0.05) is 6.58 Å². The van der Waals surface area contributed by atoms with Crippen LogP contribution in [0.5, 0.6) is 0 Å². The molecule has 0 aliphatic rings. The molecule has 0 heterocycles. The number of rotatable bonds is 11. The van der Waals surface area contributed by atoms with Crippen LogP contribution in [0.2, 0.25) is 0 Å². The summed E-state index contributed by atoms with van der Waals surface area (Å²) >= 11 is 0. The molecule has 0 amide bonds. The van der Waals surface area contributed by atoms with E-state index >= 15 is 0 Å². The molecule has 0 fully saturated rings. The first kappa shape index (κ1) is 16.6. The van der Waals surface area contributed by atoms with E-state index in [9.17, 15) is 9.59 Å². The molecule has 0 aliphatic carbocycles. The van der Waals surface area contributed by atoms with Crippen molar-refractivity contribution in [1.29, 1.82) is 0 Å². The van der Waals surface area contributed by atoms with E-state index < -0.39 is 5.97 Å². The molecule has 0 aromatic carbocycles. The molecule has 0 rings (SSSR count). The smallest absolute Gasteiger partial charge is 0.333 e. The van der Waals surface area contributed by atoms with Gasteiger partial charge < -0.3 is 9.84 Å². The third kappa shape index (κ3) is 11.1. The van der Waals surface area contributed by atoms with Gasteiger partial charge in [-0.05, 0) is 26.2 Å². The second kappa shape index (κ2) is 10.7. The van der Waals surface area contributed by atoms with Gasteiger partial charge in [-0.2, -0.15) is 0 Å². The average molecular weight is 260 g/mol. The maximum absolute atomic E-state index is 11.0. The van der Waals surface area contributed by atoms with Crippen molar-refractivity contribution in [3.8, 4) is 0 Å². The predicted molar refractivity (Wildman–Crippen MR) is 63.8 cm³/mol. The Bertz CT molecular complexity index is 274. The highest BCUT2D eigenvalue weighted by Crippen LogP contribution is 1.97. The summed E-state index contributed by atoms with van der Waals surface area (Å²) in [6, 6.07) is 0. The number of ether oxygens (including phenoxy) is 1. The number of hydrogen-bond donors (Lipinski definition) is 1. The van der Waals surface area contributed by atoms with E-state index in [0.717, 1.165) is 0 Å². The fraction of sp³-hybridized carbons (Fsp3) is 0.667. The molecule has 0 aromatic heterocycles. The molecule has 1 N–H and O–H groups in total. The molecule has 0 saturated carbocycles. The van der Waals surface area contributed by atoms with Crippen molar-refractivity contribution in [2.45, 2.75) is 32.6 Å². The fourth-order valence-electron chi connectivity index (χ4n) is 0.951. The minimum Gasteiger partial charge on any atom is -0.481 e. The Labute approximate surface area is 106 Å². The molecule has 0 spiro atoms. The summed E-state index contributed by atoms with van der Waals surface area (Å²) in [5.74, 6) is -1.24. The van der Waals surface area contributed by atoms with E-state index in [1.54, 1.807) is 6.92 Å². The largest absolute Gasteiger partial charge is 0.481 e. The summed E-state index contributed by atoms with van der Waals surface area (Å²) in [5.41, 5.74) is 0.382. The Kier molecular flexibility index (Phi) is 9.90. The molecule has 0 bridgehead atoms. The van der Waals surface area contributed by atoms with Crippen molar-refractivity contribution in [3.05, 3.63) is 12.2 Å². The number of carbonyl (C=O) groups is 2. The topological polar surface area (TPSA) is 82.1 Å². The fourth-order valence-corrected chi connectivity index (χ4v) is 0.951. The third-order valence-electron chi connectivity index (χ3n) is 1.91. The van der Waals surface area contributed by atoms with E-state index in [1.807, 2.05) is 0 Å². The van der Waals surface area contributed by atoms with E-state index in [-0.39, 0.29) is 19.0 Å². The van der Waals surface area contributed by atoms with Crippen LogP contribution >= 0.6 is 0 Å². The predicted octanol–water partition coefficient (Wildman–Crippen LogP) is 1.70. The highest BCUT2D eigenvalue weighted by atomic mass is 17.2. The van der Waals surface area contributed by atoms with Crippen LogP contribution in [-0.4, -0.2) is 36.9 Å². The van der Waals surface area contributed by atoms with Crippen molar-refractivity contribution in [2.24, 2.45) is 0 Å². The Morgan fingerprint density at radius 2 is 1.61 bits per heavy atom. The monoisotopic (exact) mass is 260 g/mol. The van der Waals surface area contributed by atoms with Gasteiger partial charge in [-0.15, -0.1) is 0 Å². The number of carboxylic acids is 1. The van der Waals surface area contributed by atoms with Gasteiger partial charge in [0.1, 0.15) is 0 Å². The summed E-state index contributed by atoms with van der Waals surface area (Å²) in [6.45, 7) is 6.03. The summed E-state index contributed by atoms with van der Waals surface area (Å²) in [7, 11) is 0. The maximum Gasteiger partial charge on any atom is 0.333 e. The molecule has 18 heavy (non-hydrogen) atoms. The lowest BCUT2D eigenvalue weighted by molar-refractivity contribution is -0.295. The zero-order chi connectivity index (χ0) is 13.8. The quantitative estimate of drug-likeness (QED) is 0.200. The van der Waals surface area contributed by atoms with E-state index in [0.29, 0.717) is 38.0 Å². The molecular formula is C12H20O6. The van der Waals surface area contributed by atoms with Gasteiger partial charge in [0.25, 0.3) is 0 Å². The number of hydrogen-bond acceptors (Lipinski definition) is 5. The Balaban J connectivity index is 3.14. The van der Waals surface area contributed by atoms with E-state index in [4.69, 9.17) is 19.6 Å². The Hall–Kier alpha value is -1.40. The molecular weight excluding hydrogens is 240 g/mol. The Morgan fingerprint density at radius 1 is 1.06 bits per heavy atom. The second-order valence-electron chi connectivity index (χ2n) is 3.76. The lowest BCUT2D eigenvalue weighted by atomic mass is 10.3. The molecule has 0 aliphatic heterocycles. The average Bonchev–Trinajstić information content (AvgIpc) is 2.30. The lowest BCUT2D eigenvalue weighted by Crippen LogP contribution is -2.07. The summed E-state index contributed by atoms with van der Waals surface area (Å²) in [5, 5.41) is 8.35. The van der Waals surface area contributed by atoms with Crippen LogP contribution in [0.1, 0.15) is 32.6 Å². The van der Waals surface area contributed by atoms with Gasteiger partial charge >= 0.3 is 11.9 Å². The Morgan fingerprint density at radius 3 is 2.17 bits per heavy atom. The van der Waals surface area contributed by atoms with Gasteiger partial charge in [-0.3, -0.25) is 4.79 Å².